The van der Waals surface area contributed by atoms with E-state index in [0.717, 1.165) is 11.1 Å². The van der Waals surface area contributed by atoms with Gasteiger partial charge in [0.05, 0.1) is 16.0 Å². The summed E-state index contributed by atoms with van der Waals surface area (Å²) in [4.78, 5) is 10.3. The van der Waals surface area contributed by atoms with Crippen molar-refractivity contribution in [2.45, 2.75) is 12.8 Å². The molecule has 0 aromatic heterocycles. The van der Waals surface area contributed by atoms with Gasteiger partial charge in [-0.2, -0.15) is 0 Å². The Morgan fingerprint density at radius 2 is 1.95 bits per heavy atom. The average Bonchev–Trinajstić information content (AvgIpc) is 2.42. The molecule has 2 aromatic rings. The van der Waals surface area contributed by atoms with Crippen LogP contribution in [0.15, 0.2) is 36.4 Å². The summed E-state index contributed by atoms with van der Waals surface area (Å²) in [5.41, 5.74) is 1.78. The predicted molar refractivity (Wildman–Crippen MR) is 78.9 cm³/mol. The van der Waals surface area contributed by atoms with Crippen LogP contribution in [0.4, 0.5) is 5.69 Å². The second-order valence-corrected chi connectivity index (χ2v) is 4.88. The van der Waals surface area contributed by atoms with Crippen LogP contribution in [0.2, 0.25) is 5.02 Å². The van der Waals surface area contributed by atoms with Crippen molar-refractivity contribution in [2.24, 2.45) is 0 Å². The Balaban J connectivity index is 2.34. The van der Waals surface area contributed by atoms with Crippen LogP contribution in [0, 0.1) is 17.0 Å². The molecule has 2 aromatic carbocycles. The van der Waals surface area contributed by atoms with Gasteiger partial charge in [-0.3, -0.25) is 10.1 Å². The number of nitro groups is 1. The van der Waals surface area contributed by atoms with E-state index in [0.29, 0.717) is 16.7 Å². The number of benzene rings is 2. The summed E-state index contributed by atoms with van der Waals surface area (Å²) in [5.74, 6) is 1.25. The maximum atomic E-state index is 10.8. The van der Waals surface area contributed by atoms with E-state index in [1.807, 2.05) is 19.1 Å². The summed E-state index contributed by atoms with van der Waals surface area (Å²) in [6, 6.07) is 9.57. The van der Waals surface area contributed by atoms with E-state index in [4.69, 9.17) is 27.9 Å². The van der Waals surface area contributed by atoms with Gasteiger partial charge in [0, 0.05) is 11.9 Å². The number of rotatable bonds is 4. The third-order valence-corrected chi connectivity index (χ3v) is 3.36. The van der Waals surface area contributed by atoms with Crippen LogP contribution in [0.25, 0.3) is 0 Å². The number of alkyl halides is 1. The fourth-order valence-electron chi connectivity index (χ4n) is 1.71. The van der Waals surface area contributed by atoms with Crippen molar-refractivity contribution in [1.29, 1.82) is 0 Å². The molecule has 20 heavy (non-hydrogen) atoms. The molecule has 0 radical (unpaired) electrons. The lowest BCUT2D eigenvalue weighted by molar-refractivity contribution is -0.384. The predicted octanol–water partition coefficient (Wildman–Crippen LogP) is 5.09. The fraction of sp³-hybridized carbons (Fsp3) is 0.143. The van der Waals surface area contributed by atoms with Crippen molar-refractivity contribution in [3.63, 3.8) is 0 Å². The molecule has 0 aliphatic rings. The third-order valence-electron chi connectivity index (χ3n) is 2.74. The minimum Gasteiger partial charge on any atom is -0.455 e. The maximum Gasteiger partial charge on any atom is 0.273 e. The molecule has 0 aliphatic carbocycles. The highest BCUT2D eigenvalue weighted by atomic mass is 35.5. The first-order chi connectivity index (χ1) is 9.51. The molecule has 0 amide bonds. The molecule has 0 saturated heterocycles. The summed E-state index contributed by atoms with van der Waals surface area (Å²) in [6.07, 6.45) is 0. The summed E-state index contributed by atoms with van der Waals surface area (Å²) in [5, 5.41) is 11.1. The molecule has 0 aliphatic heterocycles. The summed E-state index contributed by atoms with van der Waals surface area (Å²) >= 11 is 11.7. The molecular weight excluding hydrogens is 301 g/mol. The van der Waals surface area contributed by atoms with Crippen molar-refractivity contribution >= 4 is 28.9 Å². The molecule has 0 spiro atoms. The minimum absolute atomic E-state index is 0.0700. The van der Waals surface area contributed by atoms with E-state index in [9.17, 15) is 10.1 Å². The molecule has 0 unspecified atom stereocenters. The van der Waals surface area contributed by atoms with Gasteiger partial charge >= 0.3 is 0 Å². The van der Waals surface area contributed by atoms with Crippen molar-refractivity contribution < 1.29 is 9.66 Å². The van der Waals surface area contributed by atoms with Gasteiger partial charge in [-0.05, 0) is 30.2 Å². The van der Waals surface area contributed by atoms with Gasteiger partial charge < -0.3 is 4.74 Å². The van der Waals surface area contributed by atoms with E-state index >= 15 is 0 Å². The lowest BCUT2D eigenvalue weighted by Gasteiger charge is -2.10. The standard InChI is InChI=1S/C14H11Cl2NO3/c1-9-6-10(8-15)2-5-13(9)20-14-7-11(17(18)19)3-4-12(14)16/h2-7H,8H2,1H3. The number of hydrogen-bond donors (Lipinski definition) is 0. The Kier molecular flexibility index (Phi) is 4.47. The van der Waals surface area contributed by atoms with Crippen LogP contribution in [0.3, 0.4) is 0 Å². The number of hydrogen-bond acceptors (Lipinski definition) is 3. The molecule has 4 nitrogen and oxygen atoms in total. The molecule has 0 atom stereocenters. The van der Waals surface area contributed by atoms with Crippen LogP contribution >= 0.6 is 23.2 Å². The quantitative estimate of drug-likeness (QED) is 0.449. The zero-order chi connectivity index (χ0) is 14.7. The van der Waals surface area contributed by atoms with Crippen LogP contribution in [0.1, 0.15) is 11.1 Å². The Hall–Kier alpha value is -1.78. The summed E-state index contributed by atoms with van der Waals surface area (Å²) in [7, 11) is 0. The second-order valence-electron chi connectivity index (χ2n) is 4.21. The molecule has 104 valence electrons. The maximum absolute atomic E-state index is 10.8. The number of halogens is 2. The van der Waals surface area contributed by atoms with Gasteiger partial charge in [-0.25, -0.2) is 0 Å². The monoisotopic (exact) mass is 311 g/mol. The Morgan fingerprint density at radius 1 is 1.20 bits per heavy atom. The molecule has 2 rings (SSSR count). The van der Waals surface area contributed by atoms with Crippen LogP contribution < -0.4 is 4.74 Å². The third kappa shape index (κ3) is 3.21. The smallest absolute Gasteiger partial charge is 0.273 e. The van der Waals surface area contributed by atoms with Gasteiger partial charge in [-0.1, -0.05) is 23.7 Å². The van der Waals surface area contributed by atoms with Crippen LogP contribution in [-0.4, -0.2) is 4.92 Å². The summed E-state index contributed by atoms with van der Waals surface area (Å²) in [6.45, 7) is 1.87. The molecular formula is C14H11Cl2NO3. The van der Waals surface area contributed by atoms with E-state index < -0.39 is 4.92 Å². The Morgan fingerprint density at radius 3 is 2.55 bits per heavy atom. The fourth-order valence-corrected chi connectivity index (χ4v) is 2.03. The average molecular weight is 312 g/mol. The number of nitrogens with zero attached hydrogens (tertiary/aromatic N) is 1. The number of ether oxygens (including phenoxy) is 1. The van der Waals surface area contributed by atoms with E-state index in [1.165, 1.54) is 18.2 Å². The summed E-state index contributed by atoms with van der Waals surface area (Å²) < 4.78 is 5.65. The molecule has 6 heteroatoms. The first-order valence-electron chi connectivity index (χ1n) is 5.78. The van der Waals surface area contributed by atoms with E-state index in [1.54, 1.807) is 6.07 Å². The van der Waals surface area contributed by atoms with Gasteiger partial charge in [0.25, 0.3) is 5.69 Å². The van der Waals surface area contributed by atoms with Crippen molar-refractivity contribution in [1.82, 2.24) is 0 Å². The van der Waals surface area contributed by atoms with Gasteiger partial charge in [0.1, 0.15) is 5.75 Å². The van der Waals surface area contributed by atoms with Crippen LogP contribution in [0.5, 0.6) is 11.5 Å². The highest BCUT2D eigenvalue weighted by Crippen LogP contribution is 2.34. The molecule has 0 bridgehead atoms. The molecule has 0 N–H and O–H groups in total. The zero-order valence-electron chi connectivity index (χ0n) is 10.6. The zero-order valence-corrected chi connectivity index (χ0v) is 12.1. The molecule has 0 heterocycles. The van der Waals surface area contributed by atoms with Gasteiger partial charge in [0.2, 0.25) is 0 Å². The van der Waals surface area contributed by atoms with E-state index in [2.05, 4.69) is 0 Å². The first kappa shape index (κ1) is 14.6. The van der Waals surface area contributed by atoms with Gasteiger partial charge in [-0.15, -0.1) is 11.6 Å². The molecule has 0 saturated carbocycles. The van der Waals surface area contributed by atoms with Gasteiger partial charge in [0.15, 0.2) is 5.75 Å². The SMILES string of the molecule is Cc1cc(CCl)ccc1Oc1cc([N+](=O)[O-])ccc1Cl. The highest BCUT2D eigenvalue weighted by Gasteiger charge is 2.12. The van der Waals surface area contributed by atoms with Crippen molar-refractivity contribution in [3.8, 4) is 11.5 Å². The number of non-ortho nitro benzene ring substituents is 1. The topological polar surface area (TPSA) is 52.4 Å². The van der Waals surface area contributed by atoms with Crippen LogP contribution in [-0.2, 0) is 5.88 Å². The Bertz CT molecular complexity index is 659. The lowest BCUT2D eigenvalue weighted by Crippen LogP contribution is -1.92. The number of nitro benzene ring substituents is 1. The van der Waals surface area contributed by atoms with Crippen molar-refractivity contribution in [3.05, 3.63) is 62.7 Å². The lowest BCUT2D eigenvalue weighted by atomic mass is 10.1. The van der Waals surface area contributed by atoms with Crippen molar-refractivity contribution in [2.75, 3.05) is 0 Å². The Labute approximate surface area is 126 Å². The largest absolute Gasteiger partial charge is 0.455 e. The number of aryl methyl sites for hydroxylation is 1. The first-order valence-corrected chi connectivity index (χ1v) is 6.70. The van der Waals surface area contributed by atoms with E-state index in [-0.39, 0.29) is 11.4 Å². The second kappa shape index (κ2) is 6.11. The minimum atomic E-state index is -0.493. The molecule has 0 fully saturated rings. The highest BCUT2D eigenvalue weighted by molar-refractivity contribution is 6.32. The normalized spacial score (nSPS) is 10.3.